The highest BCUT2D eigenvalue weighted by Gasteiger charge is 2.19. The predicted octanol–water partition coefficient (Wildman–Crippen LogP) is 14.5. The van der Waals surface area contributed by atoms with E-state index in [9.17, 15) is 14.4 Å². The van der Waals surface area contributed by atoms with Crippen LogP contribution in [0.25, 0.3) is 0 Å². The zero-order valence-corrected chi connectivity index (χ0v) is 35.1. The maximum Gasteiger partial charge on any atom is 0.306 e. The van der Waals surface area contributed by atoms with E-state index in [1.54, 1.807) is 0 Å². The monoisotopic (exact) mass is 737 g/mol. The molecule has 308 valence electrons. The van der Waals surface area contributed by atoms with Crippen LogP contribution in [0.4, 0.5) is 0 Å². The molecule has 0 fully saturated rings. The van der Waals surface area contributed by atoms with Gasteiger partial charge in [-0.3, -0.25) is 14.4 Å². The lowest BCUT2D eigenvalue weighted by Gasteiger charge is -2.18. The predicted molar refractivity (Wildman–Crippen MR) is 220 cm³/mol. The van der Waals surface area contributed by atoms with Gasteiger partial charge < -0.3 is 14.2 Å². The number of hydrogen-bond acceptors (Lipinski definition) is 6. The Balaban J connectivity index is 4.00. The number of unbranched alkanes of at least 4 members (excludes halogenated alkanes) is 31. The molecule has 0 bridgehead atoms. The average Bonchev–Trinajstić information content (AvgIpc) is 3.14. The maximum atomic E-state index is 12.5. The molecule has 0 heterocycles. The van der Waals surface area contributed by atoms with Crippen molar-refractivity contribution in [2.75, 3.05) is 13.2 Å². The molecule has 1 unspecified atom stereocenters. The molecule has 0 aromatic rings. The first-order valence-electron chi connectivity index (χ1n) is 23.0. The third kappa shape index (κ3) is 39.6. The normalized spacial score (nSPS) is 11.8. The summed E-state index contributed by atoms with van der Waals surface area (Å²) >= 11 is 0. The lowest BCUT2D eigenvalue weighted by molar-refractivity contribution is -0.167. The minimum Gasteiger partial charge on any atom is -0.462 e. The van der Waals surface area contributed by atoms with Crippen LogP contribution >= 0.6 is 0 Å². The van der Waals surface area contributed by atoms with E-state index in [0.29, 0.717) is 19.3 Å². The van der Waals surface area contributed by atoms with E-state index in [1.807, 2.05) is 0 Å². The average molecular weight is 737 g/mol. The van der Waals surface area contributed by atoms with Gasteiger partial charge in [-0.2, -0.15) is 0 Å². The van der Waals surface area contributed by atoms with Gasteiger partial charge in [0.2, 0.25) is 0 Å². The molecule has 6 nitrogen and oxygen atoms in total. The Morgan fingerprint density at radius 3 is 0.769 bits per heavy atom. The molecular weight excluding hydrogens is 649 g/mol. The van der Waals surface area contributed by atoms with Gasteiger partial charge in [-0.25, -0.2) is 0 Å². The summed E-state index contributed by atoms with van der Waals surface area (Å²) in [6.45, 7) is 6.56. The number of ether oxygens (including phenoxy) is 3. The fraction of sp³-hybridized carbons (Fsp3) is 0.935. The summed E-state index contributed by atoms with van der Waals surface area (Å²) in [6.07, 6.45) is 42.8. The minimum absolute atomic E-state index is 0.0643. The van der Waals surface area contributed by atoms with Crippen molar-refractivity contribution >= 4 is 17.9 Å². The highest BCUT2D eigenvalue weighted by molar-refractivity contribution is 5.71. The maximum absolute atomic E-state index is 12.5. The Kier molecular flexibility index (Phi) is 40.9. The molecule has 6 heteroatoms. The molecule has 52 heavy (non-hydrogen) atoms. The molecular formula is C46H88O6. The fourth-order valence-corrected chi connectivity index (χ4v) is 6.85. The Bertz CT molecular complexity index is 768. The van der Waals surface area contributed by atoms with Crippen molar-refractivity contribution in [1.82, 2.24) is 0 Å². The molecule has 0 spiro atoms. The molecule has 0 amide bonds. The first-order chi connectivity index (χ1) is 25.5. The van der Waals surface area contributed by atoms with E-state index in [1.165, 1.54) is 161 Å². The number of esters is 3. The lowest BCUT2D eigenvalue weighted by atomic mass is 10.0. The second kappa shape index (κ2) is 42.2. The van der Waals surface area contributed by atoms with Crippen LogP contribution in [0.15, 0.2) is 0 Å². The van der Waals surface area contributed by atoms with Crippen LogP contribution in [0.2, 0.25) is 0 Å². The highest BCUT2D eigenvalue weighted by atomic mass is 16.6. The first-order valence-corrected chi connectivity index (χ1v) is 23.0. The summed E-state index contributed by atoms with van der Waals surface area (Å²) in [5.41, 5.74) is 0. The smallest absolute Gasteiger partial charge is 0.306 e. The van der Waals surface area contributed by atoms with Crippen LogP contribution in [0, 0.1) is 0 Å². The number of carbonyl (C=O) groups excluding carboxylic acids is 3. The topological polar surface area (TPSA) is 78.9 Å². The van der Waals surface area contributed by atoms with Crippen molar-refractivity contribution in [1.29, 1.82) is 0 Å². The van der Waals surface area contributed by atoms with Gasteiger partial charge in [0.15, 0.2) is 6.10 Å². The Labute approximate surface area is 323 Å². The van der Waals surface area contributed by atoms with Gasteiger partial charge >= 0.3 is 17.9 Å². The van der Waals surface area contributed by atoms with Crippen molar-refractivity contribution in [3.05, 3.63) is 0 Å². The molecule has 0 radical (unpaired) electrons. The van der Waals surface area contributed by atoms with E-state index in [0.717, 1.165) is 57.8 Å². The van der Waals surface area contributed by atoms with Crippen LogP contribution in [0.3, 0.4) is 0 Å². The molecule has 0 aliphatic rings. The van der Waals surface area contributed by atoms with Crippen LogP contribution in [-0.4, -0.2) is 37.2 Å². The largest absolute Gasteiger partial charge is 0.462 e. The van der Waals surface area contributed by atoms with E-state index in [-0.39, 0.29) is 31.1 Å². The van der Waals surface area contributed by atoms with Crippen LogP contribution in [-0.2, 0) is 28.6 Å². The second-order valence-electron chi connectivity index (χ2n) is 15.7. The highest BCUT2D eigenvalue weighted by Crippen LogP contribution is 2.16. The minimum atomic E-state index is -0.755. The standard InChI is InChI=1S/C46H88O6/c1-4-7-10-13-16-17-18-19-20-21-22-23-24-25-26-27-28-29-31-33-36-39-45(48)51-42-43(41-50-44(47)38-35-32-15-12-9-6-3)52-46(49)40-37-34-30-14-11-8-5-2/h43H,4-42H2,1-3H3. The van der Waals surface area contributed by atoms with Gasteiger partial charge in [-0.15, -0.1) is 0 Å². The quantitative estimate of drug-likeness (QED) is 0.0353. The van der Waals surface area contributed by atoms with Gasteiger partial charge in [0.1, 0.15) is 13.2 Å². The summed E-state index contributed by atoms with van der Waals surface area (Å²) in [7, 11) is 0. The number of hydrogen-bond donors (Lipinski definition) is 0. The molecule has 0 saturated carbocycles. The van der Waals surface area contributed by atoms with Crippen LogP contribution in [0.5, 0.6) is 0 Å². The van der Waals surface area contributed by atoms with Crippen molar-refractivity contribution in [2.24, 2.45) is 0 Å². The third-order valence-electron chi connectivity index (χ3n) is 10.4. The zero-order chi connectivity index (χ0) is 38.0. The van der Waals surface area contributed by atoms with Gasteiger partial charge in [0.05, 0.1) is 0 Å². The van der Waals surface area contributed by atoms with Gasteiger partial charge in [0, 0.05) is 19.3 Å². The molecule has 0 aliphatic heterocycles. The van der Waals surface area contributed by atoms with Crippen LogP contribution < -0.4 is 0 Å². The SMILES string of the molecule is CCCCCCCCCCCCCCCCCCCCCCCC(=O)OCC(COC(=O)CCCCCCCC)OC(=O)CCCCCCCCC. The van der Waals surface area contributed by atoms with Crippen LogP contribution in [0.1, 0.15) is 258 Å². The van der Waals surface area contributed by atoms with Crippen molar-refractivity contribution in [2.45, 2.75) is 264 Å². The van der Waals surface area contributed by atoms with Crippen molar-refractivity contribution < 1.29 is 28.6 Å². The molecule has 1 atom stereocenters. The Hall–Kier alpha value is -1.59. The molecule has 0 saturated heterocycles. The lowest BCUT2D eigenvalue weighted by Crippen LogP contribution is -2.30. The first kappa shape index (κ1) is 50.4. The molecule has 0 rings (SSSR count). The van der Waals surface area contributed by atoms with E-state index >= 15 is 0 Å². The van der Waals surface area contributed by atoms with E-state index in [2.05, 4.69) is 20.8 Å². The molecule has 0 aromatic heterocycles. The fourth-order valence-electron chi connectivity index (χ4n) is 6.85. The molecule has 0 aliphatic carbocycles. The summed E-state index contributed by atoms with van der Waals surface area (Å²) in [5.74, 6) is -0.871. The van der Waals surface area contributed by atoms with Gasteiger partial charge in [0.25, 0.3) is 0 Å². The molecule has 0 N–H and O–H groups in total. The Morgan fingerprint density at radius 1 is 0.308 bits per heavy atom. The number of rotatable bonds is 42. The second-order valence-corrected chi connectivity index (χ2v) is 15.7. The van der Waals surface area contributed by atoms with Crippen molar-refractivity contribution in [3.63, 3.8) is 0 Å². The Morgan fingerprint density at radius 2 is 0.519 bits per heavy atom. The van der Waals surface area contributed by atoms with Crippen molar-refractivity contribution in [3.8, 4) is 0 Å². The number of carbonyl (C=O) groups is 3. The summed E-state index contributed by atoms with van der Waals surface area (Å²) in [4.78, 5) is 37.3. The van der Waals surface area contributed by atoms with Gasteiger partial charge in [-0.05, 0) is 19.3 Å². The third-order valence-corrected chi connectivity index (χ3v) is 10.4. The zero-order valence-electron chi connectivity index (χ0n) is 35.1. The molecule has 0 aromatic carbocycles. The summed E-state index contributed by atoms with van der Waals surface area (Å²) in [6, 6.07) is 0. The van der Waals surface area contributed by atoms with E-state index in [4.69, 9.17) is 14.2 Å². The summed E-state index contributed by atoms with van der Waals surface area (Å²) in [5, 5.41) is 0. The van der Waals surface area contributed by atoms with Gasteiger partial charge in [-0.1, -0.05) is 220 Å². The summed E-state index contributed by atoms with van der Waals surface area (Å²) < 4.78 is 16.6. The van der Waals surface area contributed by atoms with E-state index < -0.39 is 6.10 Å².